The molecule has 3 unspecified atom stereocenters. The first-order chi connectivity index (χ1) is 11.6. The molecule has 1 aliphatic carbocycles. The lowest BCUT2D eigenvalue weighted by atomic mass is 9.87. The number of aliphatic carboxylic acids is 1. The molecule has 1 aromatic carbocycles. The molecule has 3 aliphatic rings. The number of fused-ring (bicyclic) bond motifs is 1. The van der Waals surface area contributed by atoms with Crippen LogP contribution in [0.3, 0.4) is 0 Å². The average molecular weight is 329 g/mol. The van der Waals surface area contributed by atoms with E-state index in [2.05, 4.69) is 24.3 Å². The summed E-state index contributed by atoms with van der Waals surface area (Å²) in [5, 5.41) is 9.07. The normalized spacial score (nSPS) is 35.2. The Morgan fingerprint density at radius 2 is 1.79 bits per heavy atom. The number of carbonyl (C=O) groups is 2. The minimum absolute atomic E-state index is 0.00548. The lowest BCUT2D eigenvalue weighted by molar-refractivity contribution is -0.155. The van der Waals surface area contributed by atoms with Gasteiger partial charge >= 0.3 is 5.97 Å². The second-order valence-corrected chi connectivity index (χ2v) is 7.20. The molecule has 5 nitrogen and oxygen atoms in total. The van der Waals surface area contributed by atoms with Gasteiger partial charge in [0.25, 0.3) is 5.91 Å². The van der Waals surface area contributed by atoms with Gasteiger partial charge in [0, 0.05) is 18.5 Å². The number of hydrogen-bond donors (Lipinski definition) is 1. The van der Waals surface area contributed by atoms with Crippen molar-refractivity contribution in [1.82, 2.24) is 4.90 Å². The zero-order valence-electron chi connectivity index (χ0n) is 13.6. The first-order valence-corrected chi connectivity index (χ1v) is 8.89. The van der Waals surface area contributed by atoms with Crippen LogP contribution in [-0.4, -0.2) is 46.7 Å². The standard InChI is InChI=1S/C19H23NO4/c21-18(16-9-10-17(24-16)19(22)23)20-11-14(12-5-2-1-3-6-12)13-7-4-8-15(13)20/h1-3,5-6,13-17H,4,7-11H2,(H,22,23)/t13?,14?,15?,16-,17+/m0/s1. The Hall–Kier alpha value is -1.88. The Morgan fingerprint density at radius 3 is 2.50 bits per heavy atom. The summed E-state index contributed by atoms with van der Waals surface area (Å²) in [5.41, 5.74) is 1.31. The van der Waals surface area contributed by atoms with E-state index >= 15 is 0 Å². The molecular weight excluding hydrogens is 306 g/mol. The van der Waals surface area contributed by atoms with Crippen molar-refractivity contribution in [1.29, 1.82) is 0 Å². The Bertz CT molecular complexity index is 632. The van der Waals surface area contributed by atoms with Crippen molar-refractivity contribution < 1.29 is 19.4 Å². The van der Waals surface area contributed by atoms with E-state index < -0.39 is 18.2 Å². The maximum Gasteiger partial charge on any atom is 0.332 e. The van der Waals surface area contributed by atoms with E-state index in [-0.39, 0.29) is 11.9 Å². The molecule has 2 heterocycles. The van der Waals surface area contributed by atoms with Crippen molar-refractivity contribution in [3.63, 3.8) is 0 Å². The largest absolute Gasteiger partial charge is 0.479 e. The van der Waals surface area contributed by atoms with E-state index in [0.717, 1.165) is 25.8 Å². The van der Waals surface area contributed by atoms with Crippen molar-refractivity contribution in [2.75, 3.05) is 6.54 Å². The summed E-state index contributed by atoms with van der Waals surface area (Å²) in [5.74, 6) is -0.0611. The number of hydrogen-bond acceptors (Lipinski definition) is 3. The number of benzene rings is 1. The van der Waals surface area contributed by atoms with Gasteiger partial charge in [0.2, 0.25) is 0 Å². The van der Waals surface area contributed by atoms with Gasteiger partial charge in [0.1, 0.15) is 6.10 Å². The van der Waals surface area contributed by atoms with Crippen molar-refractivity contribution in [2.24, 2.45) is 5.92 Å². The van der Waals surface area contributed by atoms with E-state index in [1.54, 1.807) is 0 Å². The number of carboxylic acid groups (broad SMARTS) is 1. The average Bonchev–Trinajstić information content (AvgIpc) is 3.31. The third-order valence-corrected chi connectivity index (χ3v) is 5.92. The van der Waals surface area contributed by atoms with Crippen LogP contribution in [0.4, 0.5) is 0 Å². The van der Waals surface area contributed by atoms with E-state index in [0.29, 0.717) is 24.7 Å². The third-order valence-electron chi connectivity index (χ3n) is 5.92. The highest BCUT2D eigenvalue weighted by atomic mass is 16.5. The fraction of sp³-hybridized carbons (Fsp3) is 0.579. The molecule has 1 aromatic rings. The van der Waals surface area contributed by atoms with E-state index in [1.165, 1.54) is 5.56 Å². The van der Waals surface area contributed by atoms with Gasteiger partial charge in [0.05, 0.1) is 0 Å². The SMILES string of the molecule is O=C(O)[C@H]1CC[C@@H](C(=O)N2CC(c3ccccc3)C3CCCC32)O1. The zero-order chi connectivity index (χ0) is 16.7. The van der Waals surface area contributed by atoms with Gasteiger partial charge in [-0.25, -0.2) is 4.79 Å². The molecule has 0 aromatic heterocycles. The predicted octanol–water partition coefficient (Wildman–Crippen LogP) is 2.41. The van der Waals surface area contributed by atoms with E-state index in [4.69, 9.17) is 9.84 Å². The monoisotopic (exact) mass is 329 g/mol. The summed E-state index contributed by atoms with van der Waals surface area (Å²) in [6.07, 6.45) is 2.90. The van der Waals surface area contributed by atoms with Gasteiger partial charge < -0.3 is 14.7 Å². The minimum atomic E-state index is -0.965. The first kappa shape index (κ1) is 15.6. The third kappa shape index (κ3) is 2.61. The molecule has 1 N–H and O–H groups in total. The molecule has 0 spiro atoms. The van der Waals surface area contributed by atoms with E-state index in [9.17, 15) is 9.59 Å². The maximum absolute atomic E-state index is 12.9. The fourth-order valence-corrected chi connectivity index (χ4v) is 4.80. The lowest BCUT2D eigenvalue weighted by Gasteiger charge is -2.26. The molecule has 0 bridgehead atoms. The maximum atomic E-state index is 12.9. The van der Waals surface area contributed by atoms with Gasteiger partial charge in [-0.1, -0.05) is 36.8 Å². The van der Waals surface area contributed by atoms with Crippen molar-refractivity contribution in [3.8, 4) is 0 Å². The highest BCUT2D eigenvalue weighted by molar-refractivity contribution is 5.83. The van der Waals surface area contributed by atoms with Crippen LogP contribution in [0.25, 0.3) is 0 Å². The van der Waals surface area contributed by atoms with Crippen LogP contribution >= 0.6 is 0 Å². The molecule has 1 amide bonds. The van der Waals surface area contributed by atoms with Gasteiger partial charge in [-0.2, -0.15) is 0 Å². The summed E-state index contributed by atoms with van der Waals surface area (Å²) < 4.78 is 5.50. The second-order valence-electron chi connectivity index (χ2n) is 7.20. The molecule has 1 saturated carbocycles. The van der Waals surface area contributed by atoms with Crippen LogP contribution in [0.2, 0.25) is 0 Å². The molecule has 4 rings (SSSR count). The number of nitrogens with zero attached hydrogens (tertiary/aromatic N) is 1. The quantitative estimate of drug-likeness (QED) is 0.925. The molecular formula is C19H23NO4. The number of likely N-dealkylation sites (tertiary alicyclic amines) is 1. The highest BCUT2D eigenvalue weighted by Crippen LogP contribution is 2.46. The molecule has 128 valence electrons. The van der Waals surface area contributed by atoms with Crippen molar-refractivity contribution in [2.45, 2.75) is 56.3 Å². The Morgan fingerprint density at radius 1 is 1.04 bits per heavy atom. The van der Waals surface area contributed by atoms with Crippen LogP contribution in [0.1, 0.15) is 43.6 Å². The van der Waals surface area contributed by atoms with Crippen LogP contribution in [-0.2, 0) is 14.3 Å². The van der Waals surface area contributed by atoms with Gasteiger partial charge in [-0.15, -0.1) is 0 Å². The number of amides is 1. The molecule has 24 heavy (non-hydrogen) atoms. The van der Waals surface area contributed by atoms with Crippen molar-refractivity contribution in [3.05, 3.63) is 35.9 Å². The molecule has 5 heteroatoms. The number of carbonyl (C=O) groups excluding carboxylic acids is 1. The van der Waals surface area contributed by atoms with Crippen LogP contribution < -0.4 is 0 Å². The topological polar surface area (TPSA) is 66.8 Å². The molecule has 2 saturated heterocycles. The van der Waals surface area contributed by atoms with Gasteiger partial charge in [-0.05, 0) is 37.2 Å². The van der Waals surface area contributed by atoms with Crippen molar-refractivity contribution >= 4 is 11.9 Å². The lowest BCUT2D eigenvalue weighted by Crippen LogP contribution is -2.42. The summed E-state index contributed by atoms with van der Waals surface area (Å²) in [7, 11) is 0. The van der Waals surface area contributed by atoms with Gasteiger partial charge in [-0.3, -0.25) is 4.79 Å². The summed E-state index contributed by atoms with van der Waals surface area (Å²) in [6, 6.07) is 10.7. The minimum Gasteiger partial charge on any atom is -0.479 e. The highest BCUT2D eigenvalue weighted by Gasteiger charge is 2.49. The predicted molar refractivity (Wildman–Crippen MR) is 87.6 cm³/mol. The van der Waals surface area contributed by atoms with Crippen LogP contribution in [0.5, 0.6) is 0 Å². The Balaban J connectivity index is 1.51. The number of ether oxygens (including phenoxy) is 1. The molecule has 2 aliphatic heterocycles. The molecule has 5 atom stereocenters. The van der Waals surface area contributed by atoms with Gasteiger partial charge in [0.15, 0.2) is 6.10 Å². The molecule has 0 radical (unpaired) electrons. The summed E-state index contributed by atoms with van der Waals surface area (Å²) in [6.45, 7) is 0.732. The molecule has 3 fully saturated rings. The number of carboxylic acids is 1. The number of rotatable bonds is 3. The smallest absolute Gasteiger partial charge is 0.332 e. The zero-order valence-corrected chi connectivity index (χ0v) is 13.6. The van der Waals surface area contributed by atoms with E-state index in [1.807, 2.05) is 11.0 Å². The van der Waals surface area contributed by atoms with Crippen LogP contribution in [0.15, 0.2) is 30.3 Å². The summed E-state index contributed by atoms with van der Waals surface area (Å²) in [4.78, 5) is 26.0. The Labute approximate surface area is 141 Å². The Kier molecular flexibility index (Phi) is 4.04. The first-order valence-electron chi connectivity index (χ1n) is 8.89. The summed E-state index contributed by atoms with van der Waals surface area (Å²) >= 11 is 0. The second kappa shape index (κ2) is 6.20. The fourth-order valence-electron chi connectivity index (χ4n) is 4.80. The van der Waals surface area contributed by atoms with Crippen LogP contribution in [0, 0.1) is 5.92 Å².